The van der Waals surface area contributed by atoms with E-state index in [4.69, 9.17) is 0 Å². The molecule has 3 rings (SSSR count). The summed E-state index contributed by atoms with van der Waals surface area (Å²) in [6.07, 6.45) is 2.08. The van der Waals surface area contributed by atoms with Crippen LogP contribution < -0.4 is 0 Å². The van der Waals surface area contributed by atoms with Gasteiger partial charge in [-0.15, -0.1) is 0 Å². The second kappa shape index (κ2) is 7.28. The minimum absolute atomic E-state index is 0.289. The summed E-state index contributed by atoms with van der Waals surface area (Å²) in [7, 11) is 0. The molecule has 3 aromatic carbocycles. The van der Waals surface area contributed by atoms with Crippen molar-refractivity contribution in [1.29, 1.82) is 0 Å². The van der Waals surface area contributed by atoms with Gasteiger partial charge < -0.3 is 0 Å². The van der Waals surface area contributed by atoms with Crippen LogP contribution in [0.1, 0.15) is 47.6 Å². The quantitative estimate of drug-likeness (QED) is 0.523. The van der Waals surface area contributed by atoms with Crippen LogP contribution in [0.4, 0.5) is 0 Å². The van der Waals surface area contributed by atoms with E-state index in [0.717, 1.165) is 12.8 Å². The lowest BCUT2D eigenvalue weighted by Crippen LogP contribution is -2.09. The van der Waals surface area contributed by atoms with Crippen LogP contribution in [0.5, 0.6) is 0 Å². The van der Waals surface area contributed by atoms with Crippen LogP contribution in [0.3, 0.4) is 0 Å². The third-order valence-corrected chi connectivity index (χ3v) is 4.52. The zero-order valence-electron chi connectivity index (χ0n) is 13.9. The van der Waals surface area contributed by atoms with Crippen molar-refractivity contribution < 1.29 is 0 Å². The largest absolute Gasteiger partial charge is 0.0622 e. The van der Waals surface area contributed by atoms with E-state index in [1.165, 1.54) is 27.8 Å². The Bertz CT molecular complexity index is 680. The first-order valence-electron chi connectivity index (χ1n) is 8.46. The smallest absolute Gasteiger partial charge is 0.0345 e. The number of rotatable bonds is 5. The van der Waals surface area contributed by atoms with Crippen LogP contribution in [0.25, 0.3) is 0 Å². The summed E-state index contributed by atoms with van der Waals surface area (Å²) in [5, 5.41) is 0. The molecule has 0 aliphatic rings. The van der Waals surface area contributed by atoms with E-state index in [-0.39, 0.29) is 5.92 Å². The summed E-state index contributed by atoms with van der Waals surface area (Å²) in [4.78, 5) is 0. The highest BCUT2D eigenvalue weighted by Gasteiger charge is 2.21. The maximum atomic E-state index is 3.33. The summed E-state index contributed by atoms with van der Waals surface area (Å²) in [5.74, 6) is 0.289. The molecule has 0 aliphatic carbocycles. The van der Waals surface area contributed by atoms with Crippen molar-refractivity contribution >= 4 is 0 Å². The lowest BCUT2D eigenvalue weighted by atomic mass is 9.79. The first-order chi connectivity index (χ1) is 11.3. The molecule has 0 spiro atoms. The van der Waals surface area contributed by atoms with Crippen molar-refractivity contribution in [1.82, 2.24) is 0 Å². The molecule has 23 heavy (non-hydrogen) atoms. The zero-order chi connectivity index (χ0) is 16.1. The van der Waals surface area contributed by atoms with Crippen molar-refractivity contribution in [2.24, 2.45) is 0 Å². The van der Waals surface area contributed by atoms with Gasteiger partial charge in [0.2, 0.25) is 0 Å². The number of hydrogen-bond donors (Lipinski definition) is 0. The number of aryl methyl sites for hydroxylation is 2. The summed E-state index contributed by atoms with van der Waals surface area (Å²) in [5.41, 5.74) is 6.99. The molecule has 0 fully saturated rings. The standard InChI is InChI=1S/C23H23/c1-3-18-16-11-17-19(4-2)22(18)23(20-12-7-5-8-13-20)21-14-9-6-10-15-21/h5-10,12-17,23H,3-4H2,1-2H3. The Morgan fingerprint density at radius 2 is 1.13 bits per heavy atom. The second-order valence-electron chi connectivity index (χ2n) is 5.88. The van der Waals surface area contributed by atoms with Gasteiger partial charge in [-0.2, -0.15) is 0 Å². The molecule has 0 N–H and O–H groups in total. The van der Waals surface area contributed by atoms with Crippen LogP contribution in [0.2, 0.25) is 0 Å². The van der Waals surface area contributed by atoms with Crippen LogP contribution in [-0.4, -0.2) is 0 Å². The molecule has 0 heteroatoms. The summed E-state index contributed by atoms with van der Waals surface area (Å²) < 4.78 is 0. The molecule has 0 bridgehead atoms. The van der Waals surface area contributed by atoms with Crippen molar-refractivity contribution in [3.05, 3.63) is 107 Å². The highest BCUT2D eigenvalue weighted by Crippen LogP contribution is 2.36. The fourth-order valence-electron chi connectivity index (χ4n) is 3.38. The number of benzene rings is 3. The minimum atomic E-state index is 0.289. The molecule has 0 heterocycles. The monoisotopic (exact) mass is 299 g/mol. The summed E-state index contributed by atoms with van der Waals surface area (Å²) in [6, 6.07) is 29.3. The lowest BCUT2D eigenvalue weighted by molar-refractivity contribution is 0.904. The SMILES string of the molecule is CCc1c[c]cc(CC)c1C(c1ccccc1)c1ccccc1. The van der Waals surface area contributed by atoms with Gasteiger partial charge in [0.25, 0.3) is 0 Å². The van der Waals surface area contributed by atoms with Crippen LogP contribution in [-0.2, 0) is 12.8 Å². The van der Waals surface area contributed by atoms with E-state index in [1.807, 2.05) is 0 Å². The van der Waals surface area contributed by atoms with Gasteiger partial charge in [-0.25, -0.2) is 0 Å². The molecule has 115 valence electrons. The van der Waals surface area contributed by atoms with Gasteiger partial charge in [0.05, 0.1) is 0 Å². The van der Waals surface area contributed by atoms with Gasteiger partial charge in [0.1, 0.15) is 0 Å². The van der Waals surface area contributed by atoms with E-state index in [2.05, 4.69) is 92.7 Å². The zero-order valence-corrected chi connectivity index (χ0v) is 13.9. The van der Waals surface area contributed by atoms with Gasteiger partial charge in [-0.3, -0.25) is 0 Å². The summed E-state index contributed by atoms with van der Waals surface area (Å²) >= 11 is 0. The van der Waals surface area contributed by atoms with Crippen molar-refractivity contribution in [3.63, 3.8) is 0 Å². The predicted octanol–water partition coefficient (Wildman–Crippen LogP) is 5.79. The fourth-order valence-corrected chi connectivity index (χ4v) is 3.38. The molecule has 0 saturated heterocycles. The lowest BCUT2D eigenvalue weighted by Gasteiger charge is -2.24. The Morgan fingerprint density at radius 1 is 0.696 bits per heavy atom. The molecule has 0 amide bonds. The maximum Gasteiger partial charge on any atom is 0.0345 e. The summed E-state index contributed by atoms with van der Waals surface area (Å²) in [6.45, 7) is 4.47. The average molecular weight is 299 g/mol. The molecule has 3 aromatic rings. The molecule has 0 aromatic heterocycles. The first-order valence-corrected chi connectivity index (χ1v) is 8.46. The minimum Gasteiger partial charge on any atom is -0.0622 e. The van der Waals surface area contributed by atoms with Gasteiger partial charge in [-0.05, 0) is 46.7 Å². The van der Waals surface area contributed by atoms with Crippen molar-refractivity contribution in [3.8, 4) is 0 Å². The molecular weight excluding hydrogens is 276 g/mol. The van der Waals surface area contributed by atoms with Gasteiger partial charge in [0.15, 0.2) is 0 Å². The third kappa shape index (κ3) is 3.22. The van der Waals surface area contributed by atoms with Gasteiger partial charge in [-0.1, -0.05) is 86.6 Å². The normalized spacial score (nSPS) is 10.9. The average Bonchev–Trinajstić information content (AvgIpc) is 2.64. The third-order valence-electron chi connectivity index (χ3n) is 4.52. The van der Waals surface area contributed by atoms with Crippen LogP contribution in [0.15, 0.2) is 72.8 Å². The molecule has 1 radical (unpaired) electrons. The van der Waals surface area contributed by atoms with Crippen LogP contribution >= 0.6 is 0 Å². The molecule has 0 aliphatic heterocycles. The number of hydrogen-bond acceptors (Lipinski definition) is 0. The van der Waals surface area contributed by atoms with E-state index < -0.39 is 0 Å². The Morgan fingerprint density at radius 3 is 1.52 bits per heavy atom. The molecule has 0 atom stereocenters. The van der Waals surface area contributed by atoms with Gasteiger partial charge >= 0.3 is 0 Å². The van der Waals surface area contributed by atoms with Gasteiger partial charge in [0, 0.05) is 5.92 Å². The fraction of sp³-hybridized carbons (Fsp3) is 0.217. The maximum absolute atomic E-state index is 3.33. The second-order valence-corrected chi connectivity index (χ2v) is 5.88. The molecule has 0 nitrogen and oxygen atoms in total. The first kappa shape index (κ1) is 15.6. The van der Waals surface area contributed by atoms with Crippen molar-refractivity contribution in [2.45, 2.75) is 32.6 Å². The topological polar surface area (TPSA) is 0 Å². The Kier molecular flexibility index (Phi) is 4.92. The predicted molar refractivity (Wildman–Crippen MR) is 97.9 cm³/mol. The van der Waals surface area contributed by atoms with E-state index in [0.29, 0.717) is 0 Å². The highest BCUT2D eigenvalue weighted by molar-refractivity contribution is 5.49. The van der Waals surface area contributed by atoms with E-state index in [1.54, 1.807) is 0 Å². The Hall–Kier alpha value is -2.34. The Balaban J connectivity index is 2.25. The van der Waals surface area contributed by atoms with E-state index >= 15 is 0 Å². The Labute approximate surface area is 139 Å². The van der Waals surface area contributed by atoms with E-state index in [9.17, 15) is 0 Å². The molecular formula is C23H23. The molecule has 0 saturated carbocycles. The van der Waals surface area contributed by atoms with Crippen LogP contribution in [0, 0.1) is 6.07 Å². The van der Waals surface area contributed by atoms with Crippen molar-refractivity contribution in [2.75, 3.05) is 0 Å². The highest BCUT2D eigenvalue weighted by atomic mass is 14.2. The molecule has 0 unspecified atom stereocenters.